The fourth-order valence-corrected chi connectivity index (χ4v) is 2.30. The van der Waals surface area contributed by atoms with Crippen molar-refractivity contribution in [3.63, 3.8) is 0 Å². The van der Waals surface area contributed by atoms with Gasteiger partial charge in [0.2, 0.25) is 0 Å². The topological polar surface area (TPSA) is 91.6 Å². The van der Waals surface area contributed by atoms with Crippen molar-refractivity contribution in [2.45, 2.75) is 51.4 Å². The van der Waals surface area contributed by atoms with Gasteiger partial charge in [0.05, 0.1) is 17.3 Å². The average molecular weight is 316 g/mol. The summed E-state index contributed by atoms with van der Waals surface area (Å²) in [5, 5.41) is 19.8. The van der Waals surface area contributed by atoms with Gasteiger partial charge in [-0.15, -0.1) is 0 Å². The second kappa shape index (κ2) is 6.22. The van der Waals surface area contributed by atoms with Crippen molar-refractivity contribution in [1.82, 2.24) is 5.32 Å². The zero-order chi connectivity index (χ0) is 17.3. The number of nitrogens with one attached hydrogen (secondary N) is 1. The number of nitrogens with zero attached hydrogens (tertiary/aromatic N) is 1. The predicted octanol–water partition coefficient (Wildman–Crippen LogP) is 1.69. The normalized spacial score (nSPS) is 19.9. The summed E-state index contributed by atoms with van der Waals surface area (Å²) in [5.41, 5.74) is 0.971. The van der Waals surface area contributed by atoms with E-state index in [2.05, 4.69) is 5.32 Å². The van der Waals surface area contributed by atoms with Crippen molar-refractivity contribution in [2.75, 3.05) is 0 Å². The molecule has 1 heterocycles. The summed E-state index contributed by atoms with van der Waals surface area (Å²) in [6.45, 7) is 7.99. The lowest BCUT2D eigenvalue weighted by atomic mass is 9.78. The van der Waals surface area contributed by atoms with Crippen molar-refractivity contribution in [2.24, 2.45) is 0 Å². The monoisotopic (exact) mass is 316 g/mol. The summed E-state index contributed by atoms with van der Waals surface area (Å²) in [6, 6.07) is 8.64. The molecule has 1 amide bonds. The highest BCUT2D eigenvalue weighted by Gasteiger charge is 2.51. The highest BCUT2D eigenvalue weighted by atomic mass is 16.7. The van der Waals surface area contributed by atoms with Gasteiger partial charge in [-0.25, -0.2) is 4.79 Å². The maximum Gasteiger partial charge on any atom is 0.494 e. The number of hydrogen-bond acceptors (Lipinski definition) is 4. The largest absolute Gasteiger partial charge is 0.494 e. The Labute approximate surface area is 136 Å². The third-order valence-electron chi connectivity index (χ3n) is 4.40. The Morgan fingerprint density at radius 2 is 1.78 bits per heavy atom. The maximum atomic E-state index is 10.6. The Kier molecular flexibility index (Phi) is 4.69. The molecule has 0 aromatic heterocycles. The highest BCUT2D eigenvalue weighted by molar-refractivity contribution is 6.62. The van der Waals surface area contributed by atoms with Crippen LogP contribution in [-0.4, -0.2) is 35.6 Å². The van der Waals surface area contributed by atoms with Gasteiger partial charge in [0.25, 0.3) is 0 Å². The molecule has 7 heteroatoms. The third-order valence-corrected chi connectivity index (χ3v) is 4.40. The Morgan fingerprint density at radius 3 is 2.22 bits per heavy atom. The summed E-state index contributed by atoms with van der Waals surface area (Å²) >= 11 is 0. The van der Waals surface area contributed by atoms with E-state index in [4.69, 9.17) is 19.7 Å². The average Bonchev–Trinajstić information content (AvgIpc) is 2.67. The summed E-state index contributed by atoms with van der Waals surface area (Å²) < 4.78 is 12.0. The van der Waals surface area contributed by atoms with Gasteiger partial charge in [0.1, 0.15) is 6.04 Å². The van der Waals surface area contributed by atoms with Gasteiger partial charge in [-0.1, -0.05) is 24.3 Å². The predicted molar refractivity (Wildman–Crippen MR) is 86.4 cm³/mol. The molecule has 1 saturated heterocycles. The van der Waals surface area contributed by atoms with Crippen LogP contribution >= 0.6 is 0 Å². The number of carboxylic acid groups (broad SMARTS) is 1. The lowest BCUT2D eigenvalue weighted by molar-refractivity contribution is 0.00578. The van der Waals surface area contributed by atoms with Crippen LogP contribution in [0.25, 0.3) is 0 Å². The summed E-state index contributed by atoms with van der Waals surface area (Å²) in [7, 11) is -0.432. The van der Waals surface area contributed by atoms with Crippen molar-refractivity contribution >= 4 is 18.7 Å². The number of hydrogen-bond donors (Lipinski definition) is 2. The number of rotatable bonds is 4. The SMILES string of the molecule is CC1(C)OB(c2ccc(C[C@@H](C#N)NC(=O)O)cc2)OC1(C)C. The first-order valence-electron chi connectivity index (χ1n) is 7.48. The molecule has 6 nitrogen and oxygen atoms in total. The van der Waals surface area contributed by atoms with Crippen LogP contribution in [0.15, 0.2) is 24.3 Å². The first kappa shape index (κ1) is 17.3. The van der Waals surface area contributed by atoms with Crippen molar-refractivity contribution in [3.05, 3.63) is 29.8 Å². The number of carbonyl (C=O) groups is 1. The van der Waals surface area contributed by atoms with Gasteiger partial charge >= 0.3 is 13.2 Å². The van der Waals surface area contributed by atoms with Crippen LogP contribution in [0.2, 0.25) is 0 Å². The Balaban J connectivity index is 2.06. The molecule has 0 unspecified atom stereocenters. The third kappa shape index (κ3) is 3.84. The Morgan fingerprint density at radius 1 is 1.26 bits per heavy atom. The van der Waals surface area contributed by atoms with E-state index in [-0.39, 0.29) is 0 Å². The molecule has 0 aliphatic carbocycles. The molecular formula is C16H21BN2O4. The molecule has 1 aliphatic rings. The van der Waals surface area contributed by atoms with Gasteiger partial charge in [0, 0.05) is 6.42 Å². The molecule has 1 aromatic carbocycles. The van der Waals surface area contributed by atoms with Gasteiger partial charge in [0.15, 0.2) is 0 Å². The van der Waals surface area contributed by atoms with Crippen molar-refractivity contribution in [1.29, 1.82) is 5.26 Å². The van der Waals surface area contributed by atoms with Crippen LogP contribution < -0.4 is 10.8 Å². The van der Waals surface area contributed by atoms with E-state index in [0.717, 1.165) is 11.0 Å². The van der Waals surface area contributed by atoms with Crippen molar-refractivity contribution < 1.29 is 19.2 Å². The lowest BCUT2D eigenvalue weighted by Crippen LogP contribution is -2.41. The zero-order valence-corrected chi connectivity index (χ0v) is 13.8. The van der Waals surface area contributed by atoms with E-state index in [9.17, 15) is 4.79 Å². The number of nitriles is 1. The molecule has 0 saturated carbocycles. The van der Waals surface area contributed by atoms with E-state index in [1.807, 2.05) is 58.0 Å². The second-order valence-corrected chi connectivity index (χ2v) is 6.67. The fourth-order valence-electron chi connectivity index (χ4n) is 2.30. The van der Waals surface area contributed by atoms with Crippen LogP contribution in [0.4, 0.5) is 4.79 Å². The molecule has 23 heavy (non-hydrogen) atoms. The Hall–Kier alpha value is -2.04. The summed E-state index contributed by atoms with van der Waals surface area (Å²) in [4.78, 5) is 10.6. The Bertz CT molecular complexity index is 606. The molecular weight excluding hydrogens is 295 g/mol. The molecule has 122 valence electrons. The number of amides is 1. The molecule has 2 rings (SSSR count). The van der Waals surface area contributed by atoms with E-state index < -0.39 is 30.5 Å². The van der Waals surface area contributed by atoms with E-state index in [1.54, 1.807) is 0 Å². The molecule has 1 atom stereocenters. The quantitative estimate of drug-likeness (QED) is 0.825. The maximum absolute atomic E-state index is 10.6. The number of benzene rings is 1. The molecule has 1 fully saturated rings. The van der Waals surface area contributed by atoms with E-state index >= 15 is 0 Å². The first-order chi connectivity index (χ1) is 10.6. The van der Waals surface area contributed by atoms with Crippen LogP contribution in [0.5, 0.6) is 0 Å². The van der Waals surface area contributed by atoms with Crippen LogP contribution in [0.1, 0.15) is 33.3 Å². The second-order valence-electron chi connectivity index (χ2n) is 6.67. The molecule has 2 N–H and O–H groups in total. The van der Waals surface area contributed by atoms with Crippen LogP contribution in [0.3, 0.4) is 0 Å². The fraction of sp³-hybridized carbons (Fsp3) is 0.500. The van der Waals surface area contributed by atoms with E-state index in [0.29, 0.717) is 6.42 Å². The first-order valence-corrected chi connectivity index (χ1v) is 7.48. The molecule has 0 radical (unpaired) electrons. The van der Waals surface area contributed by atoms with Crippen LogP contribution in [-0.2, 0) is 15.7 Å². The van der Waals surface area contributed by atoms with Crippen LogP contribution in [0, 0.1) is 11.3 Å². The van der Waals surface area contributed by atoms with Gasteiger partial charge in [-0.3, -0.25) is 0 Å². The van der Waals surface area contributed by atoms with Gasteiger partial charge in [-0.2, -0.15) is 5.26 Å². The standard InChI is InChI=1S/C16H21BN2O4/c1-15(2)16(3,4)23-17(22-15)12-7-5-11(6-8-12)9-13(10-18)19-14(20)21/h5-8,13,19H,9H2,1-4H3,(H,20,21)/t13-/m0/s1. The van der Waals surface area contributed by atoms with Gasteiger partial charge < -0.3 is 19.7 Å². The molecule has 0 spiro atoms. The summed E-state index contributed by atoms with van der Waals surface area (Å²) in [6.07, 6.45) is -0.891. The summed E-state index contributed by atoms with van der Waals surface area (Å²) in [5.74, 6) is 0. The minimum absolute atomic E-state index is 0.312. The zero-order valence-electron chi connectivity index (χ0n) is 13.8. The molecule has 1 aliphatic heterocycles. The highest BCUT2D eigenvalue weighted by Crippen LogP contribution is 2.36. The smallest absolute Gasteiger partial charge is 0.465 e. The van der Waals surface area contributed by atoms with Gasteiger partial charge in [-0.05, 0) is 38.7 Å². The lowest BCUT2D eigenvalue weighted by Gasteiger charge is -2.32. The minimum atomic E-state index is -1.20. The minimum Gasteiger partial charge on any atom is -0.465 e. The molecule has 0 bridgehead atoms. The molecule has 1 aromatic rings. The van der Waals surface area contributed by atoms with Crippen molar-refractivity contribution in [3.8, 4) is 6.07 Å². The van der Waals surface area contributed by atoms with E-state index in [1.165, 1.54) is 0 Å².